The number of methoxy groups -OCH3 is 1. The Morgan fingerprint density at radius 2 is 1.89 bits per heavy atom. The Balaban J connectivity index is 0.000000516. The highest BCUT2D eigenvalue weighted by molar-refractivity contribution is 5.77. The standard InChI is InChI=1S/C12H17NO2.C7H15NO4/c1-4-10-7-5-6-8(2)11(10)13-9(3)12(14)15;1-10-2-3-11-4-5-12-7(9)6-8/h5-7,9,13H,4H2,1-3H3,(H,14,15);2-6,8H2,1H3/t9-;/m0./s1. The zero-order valence-electron chi connectivity index (χ0n) is 16.6. The summed E-state index contributed by atoms with van der Waals surface area (Å²) in [6.07, 6.45) is 0.899. The van der Waals surface area contributed by atoms with Crippen molar-refractivity contribution in [3.8, 4) is 0 Å². The molecule has 0 radical (unpaired) electrons. The van der Waals surface area contributed by atoms with E-state index in [-0.39, 0.29) is 13.2 Å². The average molecular weight is 384 g/mol. The van der Waals surface area contributed by atoms with Gasteiger partial charge >= 0.3 is 11.9 Å². The summed E-state index contributed by atoms with van der Waals surface area (Å²) < 4.78 is 14.4. The van der Waals surface area contributed by atoms with Crippen LogP contribution in [0.25, 0.3) is 0 Å². The summed E-state index contributed by atoms with van der Waals surface area (Å²) in [5.74, 6) is -1.24. The number of nitrogens with two attached hydrogens (primary N) is 1. The largest absolute Gasteiger partial charge is 0.480 e. The van der Waals surface area contributed by atoms with Crippen molar-refractivity contribution < 1.29 is 28.9 Å². The molecule has 0 saturated heterocycles. The van der Waals surface area contributed by atoms with Crippen LogP contribution in [0.3, 0.4) is 0 Å². The van der Waals surface area contributed by atoms with Gasteiger partial charge < -0.3 is 30.4 Å². The van der Waals surface area contributed by atoms with Crippen molar-refractivity contribution in [1.29, 1.82) is 0 Å². The first-order chi connectivity index (χ1) is 12.9. The topological polar surface area (TPSA) is 120 Å². The van der Waals surface area contributed by atoms with Gasteiger partial charge in [-0.15, -0.1) is 0 Å². The summed E-state index contributed by atoms with van der Waals surface area (Å²) in [4.78, 5) is 21.2. The van der Waals surface area contributed by atoms with Crippen molar-refractivity contribution in [3.05, 3.63) is 29.3 Å². The summed E-state index contributed by atoms with van der Waals surface area (Å²) in [6.45, 7) is 7.30. The number of carbonyl (C=O) groups excluding carboxylic acids is 1. The molecule has 0 heterocycles. The third kappa shape index (κ3) is 11.2. The number of para-hydroxylation sites is 1. The quantitative estimate of drug-likeness (QED) is 0.389. The van der Waals surface area contributed by atoms with Gasteiger partial charge in [-0.05, 0) is 31.4 Å². The second kappa shape index (κ2) is 15.0. The zero-order chi connectivity index (χ0) is 20.7. The van der Waals surface area contributed by atoms with Gasteiger partial charge in [0.25, 0.3) is 0 Å². The van der Waals surface area contributed by atoms with Crippen molar-refractivity contribution in [2.45, 2.75) is 33.2 Å². The first-order valence-electron chi connectivity index (χ1n) is 8.87. The van der Waals surface area contributed by atoms with Crippen LogP contribution in [0, 0.1) is 6.92 Å². The van der Waals surface area contributed by atoms with Gasteiger partial charge in [0, 0.05) is 12.8 Å². The molecule has 1 atom stereocenters. The number of anilines is 1. The molecule has 154 valence electrons. The SMILES string of the molecule is CCc1cccc(C)c1N[C@@H](C)C(=O)O.COCCOCCOC(=O)CN. The lowest BCUT2D eigenvalue weighted by atomic mass is 10.1. The van der Waals surface area contributed by atoms with Gasteiger partial charge in [0.2, 0.25) is 0 Å². The Morgan fingerprint density at radius 1 is 1.22 bits per heavy atom. The van der Waals surface area contributed by atoms with Gasteiger partial charge in [0.15, 0.2) is 0 Å². The Morgan fingerprint density at radius 3 is 2.44 bits per heavy atom. The fourth-order valence-corrected chi connectivity index (χ4v) is 2.03. The van der Waals surface area contributed by atoms with Crippen LogP contribution in [0.2, 0.25) is 0 Å². The molecule has 0 aliphatic rings. The van der Waals surface area contributed by atoms with Crippen LogP contribution < -0.4 is 11.1 Å². The van der Waals surface area contributed by atoms with Crippen LogP contribution in [-0.2, 0) is 30.2 Å². The Labute approximate surface area is 161 Å². The predicted octanol–water partition coefficient (Wildman–Crippen LogP) is 1.59. The lowest BCUT2D eigenvalue weighted by Gasteiger charge is -2.16. The Kier molecular flexibility index (Phi) is 13.8. The number of rotatable bonds is 11. The Hall–Kier alpha value is -2.16. The third-order valence-corrected chi connectivity index (χ3v) is 3.56. The number of aryl methyl sites for hydroxylation is 2. The first kappa shape index (κ1) is 24.8. The number of esters is 1. The number of hydrogen-bond acceptors (Lipinski definition) is 7. The molecule has 0 aromatic heterocycles. The molecule has 0 fully saturated rings. The molecule has 4 N–H and O–H groups in total. The van der Waals surface area contributed by atoms with Gasteiger partial charge in [-0.2, -0.15) is 0 Å². The monoisotopic (exact) mass is 384 g/mol. The predicted molar refractivity (Wildman–Crippen MR) is 104 cm³/mol. The number of hydrogen-bond donors (Lipinski definition) is 3. The minimum absolute atomic E-state index is 0.0852. The van der Waals surface area contributed by atoms with Gasteiger partial charge in [-0.3, -0.25) is 9.59 Å². The molecular weight excluding hydrogens is 352 g/mol. The fraction of sp³-hybridized carbons (Fsp3) is 0.579. The van der Waals surface area contributed by atoms with Gasteiger partial charge in [0.05, 0.1) is 26.4 Å². The van der Waals surface area contributed by atoms with Crippen LogP contribution in [0.1, 0.15) is 25.0 Å². The lowest BCUT2D eigenvalue weighted by molar-refractivity contribution is -0.143. The van der Waals surface area contributed by atoms with E-state index in [9.17, 15) is 9.59 Å². The fourth-order valence-electron chi connectivity index (χ4n) is 2.03. The molecule has 8 nitrogen and oxygen atoms in total. The average Bonchev–Trinajstić information content (AvgIpc) is 2.66. The first-order valence-corrected chi connectivity index (χ1v) is 8.87. The molecule has 1 rings (SSSR count). The van der Waals surface area contributed by atoms with Crippen molar-refractivity contribution >= 4 is 17.6 Å². The normalized spacial score (nSPS) is 11.1. The van der Waals surface area contributed by atoms with E-state index in [1.54, 1.807) is 14.0 Å². The van der Waals surface area contributed by atoms with Crippen LogP contribution in [0.5, 0.6) is 0 Å². The molecule has 0 aliphatic heterocycles. The van der Waals surface area contributed by atoms with Gasteiger partial charge in [0.1, 0.15) is 12.6 Å². The van der Waals surface area contributed by atoms with Crippen molar-refractivity contribution in [1.82, 2.24) is 0 Å². The second-order valence-electron chi connectivity index (χ2n) is 5.70. The van der Waals surface area contributed by atoms with E-state index in [4.69, 9.17) is 20.3 Å². The molecular formula is C19H32N2O6. The molecule has 1 aromatic carbocycles. The second-order valence-corrected chi connectivity index (χ2v) is 5.70. The number of ether oxygens (including phenoxy) is 3. The Bertz CT molecular complexity index is 565. The smallest absolute Gasteiger partial charge is 0.325 e. The van der Waals surface area contributed by atoms with Crippen molar-refractivity contribution in [2.75, 3.05) is 45.4 Å². The zero-order valence-corrected chi connectivity index (χ0v) is 16.6. The van der Waals surface area contributed by atoms with Crippen LogP contribution in [0.15, 0.2) is 18.2 Å². The molecule has 0 spiro atoms. The minimum Gasteiger partial charge on any atom is -0.480 e. The molecule has 0 amide bonds. The number of carboxylic acids is 1. The number of nitrogens with one attached hydrogen (secondary N) is 1. The van der Waals surface area contributed by atoms with E-state index in [0.717, 1.165) is 23.2 Å². The maximum Gasteiger partial charge on any atom is 0.325 e. The lowest BCUT2D eigenvalue weighted by Crippen LogP contribution is -2.26. The van der Waals surface area contributed by atoms with Crippen molar-refractivity contribution in [2.24, 2.45) is 5.73 Å². The molecule has 1 aromatic rings. The molecule has 0 bridgehead atoms. The van der Waals surface area contributed by atoms with E-state index in [2.05, 4.69) is 17.0 Å². The van der Waals surface area contributed by atoms with E-state index in [0.29, 0.717) is 19.8 Å². The summed E-state index contributed by atoms with van der Waals surface area (Å²) in [6, 6.07) is 5.43. The number of benzene rings is 1. The molecule has 8 heteroatoms. The number of carbonyl (C=O) groups is 2. The summed E-state index contributed by atoms with van der Waals surface area (Å²) in [5, 5.41) is 11.9. The maximum absolute atomic E-state index is 10.8. The maximum atomic E-state index is 10.8. The highest BCUT2D eigenvalue weighted by Crippen LogP contribution is 2.21. The van der Waals surface area contributed by atoms with Crippen molar-refractivity contribution in [3.63, 3.8) is 0 Å². The number of aliphatic carboxylic acids is 1. The molecule has 0 unspecified atom stereocenters. The van der Waals surface area contributed by atoms with E-state index < -0.39 is 18.0 Å². The minimum atomic E-state index is -0.833. The summed E-state index contributed by atoms with van der Waals surface area (Å²) in [5.41, 5.74) is 8.19. The highest BCUT2D eigenvalue weighted by Gasteiger charge is 2.13. The van der Waals surface area contributed by atoms with Crippen LogP contribution in [0.4, 0.5) is 5.69 Å². The van der Waals surface area contributed by atoms with E-state index >= 15 is 0 Å². The van der Waals surface area contributed by atoms with Crippen LogP contribution >= 0.6 is 0 Å². The summed E-state index contributed by atoms with van der Waals surface area (Å²) >= 11 is 0. The number of carboxylic acid groups (broad SMARTS) is 1. The van der Waals surface area contributed by atoms with Gasteiger partial charge in [-0.25, -0.2) is 0 Å². The van der Waals surface area contributed by atoms with Crippen LogP contribution in [-0.4, -0.2) is 63.2 Å². The van der Waals surface area contributed by atoms with Gasteiger partial charge in [-0.1, -0.05) is 25.1 Å². The highest BCUT2D eigenvalue weighted by atomic mass is 16.6. The van der Waals surface area contributed by atoms with E-state index in [1.807, 2.05) is 25.1 Å². The molecule has 27 heavy (non-hydrogen) atoms. The molecule has 0 saturated carbocycles. The summed E-state index contributed by atoms with van der Waals surface area (Å²) in [7, 11) is 1.60. The molecule has 0 aliphatic carbocycles. The third-order valence-electron chi connectivity index (χ3n) is 3.56. The van der Waals surface area contributed by atoms with E-state index in [1.165, 1.54) is 0 Å².